The van der Waals surface area contributed by atoms with Crippen LogP contribution in [0.3, 0.4) is 0 Å². The number of carbonyl (C=O) groups excluding carboxylic acids is 3. The van der Waals surface area contributed by atoms with Crippen LogP contribution in [0.25, 0.3) is 11.1 Å². The summed E-state index contributed by atoms with van der Waals surface area (Å²) < 4.78 is 5.53. The number of rotatable bonds is 7. The molecule has 8 nitrogen and oxygen atoms in total. The minimum atomic E-state index is -0.486. The number of benzene rings is 2. The molecule has 0 aliphatic heterocycles. The van der Waals surface area contributed by atoms with Gasteiger partial charge in [0.05, 0.1) is 18.2 Å². The van der Waals surface area contributed by atoms with Gasteiger partial charge in [-0.15, -0.1) is 0 Å². The van der Waals surface area contributed by atoms with E-state index in [1.807, 2.05) is 48.5 Å². The smallest absolute Gasteiger partial charge is 0.257 e. The Labute approximate surface area is 171 Å². The summed E-state index contributed by atoms with van der Waals surface area (Å²) in [5.41, 5.74) is 6.88. The molecule has 0 aliphatic rings. The normalized spacial score (nSPS) is 11.6. The van der Waals surface area contributed by atoms with Crippen LogP contribution < -0.4 is 16.2 Å². The van der Waals surface area contributed by atoms with Gasteiger partial charge in [-0.3, -0.25) is 25.2 Å². The maximum absolute atomic E-state index is 12.2. The first kappa shape index (κ1) is 20.4. The van der Waals surface area contributed by atoms with Gasteiger partial charge in [-0.1, -0.05) is 54.2 Å². The number of fused-ring (bicyclic) bond motifs is 1. The topological polar surface area (TPSA) is 113 Å². The number of carbonyl (C=O) groups is 3. The second-order valence-electron chi connectivity index (χ2n) is 6.20. The zero-order chi connectivity index (χ0) is 20.6. The molecule has 0 spiro atoms. The molecule has 0 radical (unpaired) electrons. The molecule has 9 heteroatoms. The van der Waals surface area contributed by atoms with Crippen molar-refractivity contribution < 1.29 is 18.8 Å². The SMILES string of the molecule is CC(=O)N[C@H](CC(=O)NNC(=O)CSc1nc2ccccc2o1)c1ccccc1. The van der Waals surface area contributed by atoms with Crippen molar-refractivity contribution in [3.63, 3.8) is 0 Å². The quantitative estimate of drug-likeness (QED) is 0.405. The van der Waals surface area contributed by atoms with Gasteiger partial charge in [-0.25, -0.2) is 4.98 Å². The van der Waals surface area contributed by atoms with E-state index < -0.39 is 17.9 Å². The van der Waals surface area contributed by atoms with Crippen LogP contribution in [0.2, 0.25) is 0 Å². The average molecular weight is 412 g/mol. The van der Waals surface area contributed by atoms with Gasteiger partial charge in [0.15, 0.2) is 5.58 Å². The molecule has 1 aromatic heterocycles. The van der Waals surface area contributed by atoms with Crippen molar-refractivity contribution in [1.29, 1.82) is 0 Å². The Bertz CT molecular complexity index is 973. The summed E-state index contributed by atoms with van der Waals surface area (Å²) in [7, 11) is 0. The minimum absolute atomic E-state index is 0.0118. The second-order valence-corrected chi connectivity index (χ2v) is 7.13. The Morgan fingerprint density at radius 1 is 1.00 bits per heavy atom. The Morgan fingerprint density at radius 3 is 2.41 bits per heavy atom. The van der Waals surface area contributed by atoms with Crippen molar-refractivity contribution >= 4 is 40.6 Å². The van der Waals surface area contributed by atoms with Crippen molar-refractivity contribution in [1.82, 2.24) is 21.2 Å². The predicted octanol–water partition coefficient (Wildman–Crippen LogP) is 2.33. The van der Waals surface area contributed by atoms with Gasteiger partial charge in [0.1, 0.15) is 5.52 Å². The summed E-state index contributed by atoms with van der Waals surface area (Å²) in [4.78, 5) is 39.9. The summed E-state index contributed by atoms with van der Waals surface area (Å²) in [6.07, 6.45) is -0.0118. The maximum atomic E-state index is 12.2. The largest absolute Gasteiger partial charge is 0.431 e. The van der Waals surface area contributed by atoms with E-state index >= 15 is 0 Å². The third-order valence-corrected chi connectivity index (χ3v) is 4.74. The zero-order valence-electron chi connectivity index (χ0n) is 15.7. The predicted molar refractivity (Wildman–Crippen MR) is 109 cm³/mol. The highest BCUT2D eigenvalue weighted by Crippen LogP contribution is 2.22. The van der Waals surface area contributed by atoms with Gasteiger partial charge in [-0.05, 0) is 17.7 Å². The second kappa shape index (κ2) is 9.74. The van der Waals surface area contributed by atoms with Crippen molar-refractivity contribution in [2.24, 2.45) is 0 Å². The van der Waals surface area contributed by atoms with Gasteiger partial charge in [0.2, 0.25) is 17.7 Å². The van der Waals surface area contributed by atoms with Gasteiger partial charge in [0, 0.05) is 6.92 Å². The Morgan fingerprint density at radius 2 is 1.69 bits per heavy atom. The monoisotopic (exact) mass is 412 g/mol. The first-order chi connectivity index (χ1) is 14.0. The van der Waals surface area contributed by atoms with Crippen LogP contribution in [-0.2, 0) is 14.4 Å². The van der Waals surface area contributed by atoms with E-state index in [0.717, 1.165) is 17.3 Å². The first-order valence-corrected chi connectivity index (χ1v) is 9.88. The van der Waals surface area contributed by atoms with Gasteiger partial charge in [0.25, 0.3) is 5.22 Å². The van der Waals surface area contributed by atoms with Crippen LogP contribution in [0.15, 0.2) is 64.2 Å². The molecule has 3 rings (SSSR count). The Balaban J connectivity index is 1.47. The van der Waals surface area contributed by atoms with Crippen LogP contribution in [0.5, 0.6) is 0 Å². The number of nitrogens with one attached hydrogen (secondary N) is 3. The summed E-state index contributed by atoms with van der Waals surface area (Å²) in [6.45, 7) is 1.39. The Kier molecular flexibility index (Phi) is 6.85. The third kappa shape index (κ3) is 6.08. The van der Waals surface area contributed by atoms with E-state index in [0.29, 0.717) is 16.3 Å². The first-order valence-electron chi connectivity index (χ1n) is 8.89. The number of nitrogens with zero attached hydrogens (tertiary/aromatic N) is 1. The molecule has 3 aromatic rings. The molecule has 2 aromatic carbocycles. The lowest BCUT2D eigenvalue weighted by atomic mass is 10.0. The number of amides is 3. The minimum Gasteiger partial charge on any atom is -0.431 e. The summed E-state index contributed by atoms with van der Waals surface area (Å²) in [6, 6.07) is 16.0. The summed E-state index contributed by atoms with van der Waals surface area (Å²) in [5, 5.41) is 3.11. The van der Waals surface area contributed by atoms with Gasteiger partial charge in [-0.2, -0.15) is 0 Å². The molecule has 0 saturated carbocycles. The fourth-order valence-electron chi connectivity index (χ4n) is 2.63. The van der Waals surface area contributed by atoms with Gasteiger partial charge >= 0.3 is 0 Å². The molecule has 29 heavy (non-hydrogen) atoms. The third-order valence-electron chi connectivity index (χ3n) is 3.91. The molecule has 150 valence electrons. The highest BCUT2D eigenvalue weighted by atomic mass is 32.2. The fourth-order valence-corrected chi connectivity index (χ4v) is 3.27. The van der Waals surface area contributed by atoms with Crippen molar-refractivity contribution in [2.75, 3.05) is 5.75 Å². The molecule has 3 N–H and O–H groups in total. The molecule has 1 heterocycles. The van der Waals surface area contributed by atoms with Crippen molar-refractivity contribution in [3.05, 3.63) is 60.2 Å². The van der Waals surface area contributed by atoms with Crippen molar-refractivity contribution in [3.8, 4) is 0 Å². The summed E-state index contributed by atoms with van der Waals surface area (Å²) >= 11 is 1.13. The lowest BCUT2D eigenvalue weighted by Crippen LogP contribution is -2.44. The molecule has 1 atom stereocenters. The van der Waals surface area contributed by atoms with Crippen LogP contribution in [0.4, 0.5) is 0 Å². The standard InChI is InChI=1S/C20H20N4O4S/c1-13(25)21-16(14-7-3-2-4-8-14)11-18(26)23-24-19(27)12-29-20-22-15-9-5-6-10-17(15)28-20/h2-10,16H,11-12H2,1H3,(H,21,25)(H,23,26)(H,24,27)/t16-/m1/s1. The fraction of sp³-hybridized carbons (Fsp3) is 0.200. The van der Waals surface area contributed by atoms with Crippen LogP contribution >= 0.6 is 11.8 Å². The molecular formula is C20H20N4O4S. The molecule has 0 unspecified atom stereocenters. The Hall–Kier alpha value is -3.33. The number of oxazole rings is 1. The van der Waals surface area contributed by atoms with E-state index in [1.165, 1.54) is 6.92 Å². The molecule has 0 fully saturated rings. The number of hydrogen-bond donors (Lipinski definition) is 3. The average Bonchev–Trinajstić information content (AvgIpc) is 3.13. The zero-order valence-corrected chi connectivity index (χ0v) is 16.5. The molecule has 0 saturated heterocycles. The van der Waals surface area contributed by atoms with E-state index in [2.05, 4.69) is 21.2 Å². The van der Waals surface area contributed by atoms with Gasteiger partial charge < -0.3 is 9.73 Å². The van der Waals surface area contributed by atoms with E-state index in [1.54, 1.807) is 6.07 Å². The van der Waals surface area contributed by atoms with E-state index in [4.69, 9.17) is 4.42 Å². The van der Waals surface area contributed by atoms with E-state index in [9.17, 15) is 14.4 Å². The number of thioether (sulfide) groups is 1. The number of hydrazine groups is 1. The molecular weight excluding hydrogens is 392 g/mol. The van der Waals surface area contributed by atoms with Crippen LogP contribution in [-0.4, -0.2) is 28.5 Å². The molecule has 0 aliphatic carbocycles. The maximum Gasteiger partial charge on any atom is 0.257 e. The number of para-hydroxylation sites is 2. The molecule has 3 amide bonds. The number of aromatic nitrogens is 1. The highest BCUT2D eigenvalue weighted by molar-refractivity contribution is 7.99. The van der Waals surface area contributed by atoms with Crippen LogP contribution in [0.1, 0.15) is 24.9 Å². The lowest BCUT2D eigenvalue weighted by Gasteiger charge is -2.18. The van der Waals surface area contributed by atoms with Crippen molar-refractivity contribution in [2.45, 2.75) is 24.6 Å². The van der Waals surface area contributed by atoms with E-state index in [-0.39, 0.29) is 18.1 Å². The van der Waals surface area contributed by atoms with Crippen LogP contribution in [0, 0.1) is 0 Å². The number of hydrogen-bond acceptors (Lipinski definition) is 6. The molecule has 0 bridgehead atoms. The summed E-state index contributed by atoms with van der Waals surface area (Å²) in [5.74, 6) is -1.04. The lowest BCUT2D eigenvalue weighted by molar-refractivity contribution is -0.128. The highest BCUT2D eigenvalue weighted by Gasteiger charge is 2.17.